The Morgan fingerprint density at radius 2 is 2.04 bits per heavy atom. The van der Waals surface area contributed by atoms with Crippen LogP contribution in [0.5, 0.6) is 5.75 Å². The highest BCUT2D eigenvalue weighted by molar-refractivity contribution is 7.78. The van der Waals surface area contributed by atoms with E-state index in [0.29, 0.717) is 11.4 Å². The van der Waals surface area contributed by atoms with Crippen LogP contribution < -0.4 is 10.1 Å². The Balaban J connectivity index is 1.61. The summed E-state index contributed by atoms with van der Waals surface area (Å²) < 4.78 is 5.13. The monoisotopic (exact) mass is 340 g/mol. The van der Waals surface area contributed by atoms with E-state index in [2.05, 4.69) is 37.7 Å². The lowest BCUT2D eigenvalue weighted by Gasteiger charge is -2.32. The fraction of sp³-hybridized carbons (Fsp3) is 0.294. The van der Waals surface area contributed by atoms with Crippen LogP contribution in [0.4, 0.5) is 0 Å². The summed E-state index contributed by atoms with van der Waals surface area (Å²) in [7, 11) is 1.62. The third-order valence-electron chi connectivity index (χ3n) is 3.95. The topological polar surface area (TPSA) is 76.5 Å². The van der Waals surface area contributed by atoms with Crippen molar-refractivity contribution >= 4 is 23.3 Å². The Labute approximate surface area is 145 Å². The zero-order chi connectivity index (χ0) is 16.9. The Morgan fingerprint density at radius 3 is 2.62 bits per heavy atom. The van der Waals surface area contributed by atoms with E-state index < -0.39 is 0 Å². The van der Waals surface area contributed by atoms with Gasteiger partial charge in [0.05, 0.1) is 36.4 Å². The Bertz CT molecular complexity index is 764. The first-order valence-corrected chi connectivity index (χ1v) is 7.94. The highest BCUT2D eigenvalue weighted by Crippen LogP contribution is 2.23. The molecule has 0 atom stereocenters. The predicted molar refractivity (Wildman–Crippen MR) is 93.3 cm³/mol. The zero-order valence-corrected chi connectivity index (χ0v) is 13.9. The summed E-state index contributed by atoms with van der Waals surface area (Å²) in [5.74, 6) is 0.554. The lowest BCUT2D eigenvalue weighted by Crippen LogP contribution is -2.46. The number of benzene rings is 1. The van der Waals surface area contributed by atoms with Gasteiger partial charge < -0.3 is 10.1 Å². The Kier molecular flexibility index (Phi) is 4.93. The summed E-state index contributed by atoms with van der Waals surface area (Å²) in [6, 6.07) is 7.79. The third kappa shape index (κ3) is 3.64. The van der Waals surface area contributed by atoms with E-state index in [0.717, 1.165) is 24.2 Å². The second-order valence-corrected chi connectivity index (χ2v) is 5.71. The number of ether oxygens (including phenoxy) is 1. The van der Waals surface area contributed by atoms with Gasteiger partial charge in [0, 0.05) is 11.6 Å². The van der Waals surface area contributed by atoms with E-state index in [1.54, 1.807) is 13.3 Å². The molecule has 1 aliphatic carbocycles. The molecule has 3 rings (SSSR count). The fourth-order valence-electron chi connectivity index (χ4n) is 2.50. The van der Waals surface area contributed by atoms with Crippen molar-refractivity contribution in [1.82, 2.24) is 15.3 Å². The van der Waals surface area contributed by atoms with E-state index in [-0.39, 0.29) is 18.0 Å². The van der Waals surface area contributed by atoms with Crippen LogP contribution in [0, 0.1) is 0 Å². The first-order chi connectivity index (χ1) is 11.7. The van der Waals surface area contributed by atoms with Gasteiger partial charge in [-0.15, -0.1) is 0 Å². The quantitative estimate of drug-likeness (QED) is 0.668. The maximum atomic E-state index is 12.1. The Morgan fingerprint density at radius 1 is 1.29 bits per heavy atom. The second-order valence-electron chi connectivity index (χ2n) is 5.53. The number of thiocarbonyl (C=S) groups is 1. The van der Waals surface area contributed by atoms with Crippen LogP contribution in [0.15, 0.2) is 41.7 Å². The van der Waals surface area contributed by atoms with Crippen LogP contribution in [0.3, 0.4) is 0 Å². The van der Waals surface area contributed by atoms with Crippen LogP contribution in [0.2, 0.25) is 0 Å². The number of nitrogens with one attached hydrogen (secondary N) is 1. The van der Waals surface area contributed by atoms with Crippen LogP contribution >= 0.6 is 12.2 Å². The number of methoxy groups -OCH3 is 1. The number of hydrogen-bond donors (Lipinski definition) is 1. The summed E-state index contributed by atoms with van der Waals surface area (Å²) in [4.78, 5) is 24.7. The number of carbonyl (C=O) groups is 1. The van der Waals surface area contributed by atoms with Crippen molar-refractivity contribution in [3.05, 3.63) is 42.4 Å². The van der Waals surface area contributed by atoms with E-state index in [1.807, 2.05) is 24.3 Å². The largest absolute Gasteiger partial charge is 0.497 e. The second kappa shape index (κ2) is 7.29. The maximum Gasteiger partial charge on any atom is 0.271 e. The summed E-state index contributed by atoms with van der Waals surface area (Å²) in [6.45, 7) is 0. The number of aromatic nitrogens is 2. The number of aliphatic imine (C=N–C) groups is 1. The van der Waals surface area contributed by atoms with Gasteiger partial charge in [-0.25, -0.2) is 9.98 Å². The molecule has 1 amide bonds. The molecule has 6 nitrogen and oxygen atoms in total. The molecule has 7 heteroatoms. The van der Waals surface area contributed by atoms with E-state index in [4.69, 9.17) is 4.74 Å². The van der Waals surface area contributed by atoms with Gasteiger partial charge in [0.25, 0.3) is 5.91 Å². The smallest absolute Gasteiger partial charge is 0.271 e. The Hall–Kier alpha value is -2.63. The molecule has 2 aromatic rings. The maximum absolute atomic E-state index is 12.1. The molecule has 1 aromatic heterocycles. The van der Waals surface area contributed by atoms with E-state index in [1.165, 1.54) is 6.20 Å². The van der Waals surface area contributed by atoms with Crippen molar-refractivity contribution in [2.24, 2.45) is 4.99 Å². The SMILES string of the molecule is COc1ccc(-c2cnc(C(=O)N[C@H]3C[C@@H](N=C=S)C3)cn2)cc1. The molecule has 0 saturated heterocycles. The fourth-order valence-corrected chi connectivity index (χ4v) is 2.65. The van der Waals surface area contributed by atoms with Gasteiger partial charge in [-0.05, 0) is 49.3 Å². The summed E-state index contributed by atoms with van der Waals surface area (Å²) in [6.07, 6.45) is 4.65. The average molecular weight is 340 g/mol. The van der Waals surface area contributed by atoms with Gasteiger partial charge in [0.1, 0.15) is 11.4 Å². The molecule has 0 aliphatic heterocycles. The van der Waals surface area contributed by atoms with Gasteiger partial charge >= 0.3 is 0 Å². The summed E-state index contributed by atoms with van der Waals surface area (Å²) in [5.41, 5.74) is 1.91. The minimum atomic E-state index is -0.224. The van der Waals surface area contributed by atoms with Gasteiger partial charge in [0.15, 0.2) is 0 Å². The molecule has 122 valence electrons. The van der Waals surface area contributed by atoms with Crippen LogP contribution in [-0.4, -0.2) is 40.2 Å². The predicted octanol–water partition coefficient (Wildman–Crippen LogP) is 2.52. The van der Waals surface area contributed by atoms with Crippen molar-refractivity contribution in [2.45, 2.75) is 24.9 Å². The van der Waals surface area contributed by atoms with Gasteiger partial charge in [-0.2, -0.15) is 0 Å². The molecule has 1 saturated carbocycles. The lowest BCUT2D eigenvalue weighted by atomic mass is 9.87. The third-order valence-corrected chi connectivity index (χ3v) is 4.06. The van der Waals surface area contributed by atoms with Crippen molar-refractivity contribution in [1.29, 1.82) is 0 Å². The minimum absolute atomic E-state index is 0.109. The first kappa shape index (κ1) is 16.2. The van der Waals surface area contributed by atoms with Gasteiger partial charge in [0.2, 0.25) is 0 Å². The number of rotatable bonds is 5. The average Bonchev–Trinajstić information content (AvgIpc) is 2.60. The molecule has 0 unspecified atom stereocenters. The summed E-state index contributed by atoms with van der Waals surface area (Å²) >= 11 is 4.57. The standard InChI is InChI=1S/C17H16N4O2S/c1-23-14-4-2-11(3-5-14)15-8-19-16(9-18-15)17(22)21-13-6-12(7-13)20-10-24/h2-5,8-9,12-13H,6-7H2,1H3,(H,21,22)/t12-,13+. The number of isothiocyanates is 1. The zero-order valence-electron chi connectivity index (χ0n) is 13.1. The minimum Gasteiger partial charge on any atom is -0.497 e. The van der Waals surface area contributed by atoms with Crippen LogP contribution in [0.1, 0.15) is 23.3 Å². The summed E-state index contributed by atoms with van der Waals surface area (Å²) in [5, 5.41) is 5.29. The molecule has 1 heterocycles. The number of carbonyl (C=O) groups excluding carboxylic acids is 1. The molecular formula is C17H16N4O2S. The molecule has 1 aliphatic rings. The molecule has 1 N–H and O–H groups in total. The molecule has 0 bridgehead atoms. The van der Waals surface area contributed by atoms with Gasteiger partial charge in [-0.3, -0.25) is 9.78 Å². The highest BCUT2D eigenvalue weighted by Gasteiger charge is 2.30. The molecule has 1 aromatic carbocycles. The highest BCUT2D eigenvalue weighted by atomic mass is 32.1. The number of nitrogens with zero attached hydrogens (tertiary/aromatic N) is 3. The van der Waals surface area contributed by atoms with E-state index in [9.17, 15) is 4.79 Å². The molecule has 0 spiro atoms. The van der Waals surface area contributed by atoms with Crippen molar-refractivity contribution < 1.29 is 9.53 Å². The first-order valence-electron chi connectivity index (χ1n) is 7.54. The van der Waals surface area contributed by atoms with Crippen molar-refractivity contribution in [3.8, 4) is 17.0 Å². The normalized spacial score (nSPS) is 18.9. The van der Waals surface area contributed by atoms with Gasteiger partial charge in [-0.1, -0.05) is 0 Å². The van der Waals surface area contributed by atoms with Crippen molar-refractivity contribution in [2.75, 3.05) is 7.11 Å². The number of amides is 1. The number of hydrogen-bond acceptors (Lipinski definition) is 6. The molecule has 1 fully saturated rings. The van der Waals surface area contributed by atoms with Crippen LogP contribution in [-0.2, 0) is 0 Å². The lowest BCUT2D eigenvalue weighted by molar-refractivity contribution is 0.0905. The van der Waals surface area contributed by atoms with Crippen LogP contribution in [0.25, 0.3) is 11.3 Å². The molecule has 0 radical (unpaired) electrons. The van der Waals surface area contributed by atoms with E-state index >= 15 is 0 Å². The molecular weight excluding hydrogens is 324 g/mol. The molecule has 24 heavy (non-hydrogen) atoms. The van der Waals surface area contributed by atoms with Crippen molar-refractivity contribution in [3.63, 3.8) is 0 Å².